The Labute approximate surface area is 154 Å². The van der Waals surface area contributed by atoms with Gasteiger partial charge in [0, 0.05) is 29.4 Å². The fourth-order valence-corrected chi connectivity index (χ4v) is 2.71. The summed E-state index contributed by atoms with van der Waals surface area (Å²) in [5, 5.41) is 3.46. The number of benzene rings is 1. The standard InChI is InChI=1S/C18H16ClFN4O2/c1-26-18-23-15(12-4-3-8-22-17(12)25)10-16(24-18)21-9-7-11-13(19)5-2-6-14(11)20/h2-6,8,10H,7,9H2,1H3,(H,22,25)(H,21,23,24). The van der Waals surface area contributed by atoms with E-state index >= 15 is 0 Å². The van der Waals surface area contributed by atoms with Crippen LogP contribution < -0.4 is 15.6 Å². The van der Waals surface area contributed by atoms with E-state index in [2.05, 4.69) is 20.3 Å². The zero-order chi connectivity index (χ0) is 18.5. The molecular weight excluding hydrogens is 359 g/mol. The van der Waals surface area contributed by atoms with Crippen LogP contribution in [0.2, 0.25) is 5.02 Å². The first kappa shape index (κ1) is 17.9. The second kappa shape index (κ2) is 7.97. The average Bonchev–Trinajstić information content (AvgIpc) is 2.64. The van der Waals surface area contributed by atoms with Crippen LogP contribution in [0, 0.1) is 5.82 Å². The maximum Gasteiger partial charge on any atom is 0.318 e. The van der Waals surface area contributed by atoms with Crippen molar-refractivity contribution >= 4 is 17.4 Å². The van der Waals surface area contributed by atoms with E-state index in [9.17, 15) is 9.18 Å². The van der Waals surface area contributed by atoms with E-state index in [4.69, 9.17) is 16.3 Å². The van der Waals surface area contributed by atoms with Crippen LogP contribution in [0.1, 0.15) is 5.56 Å². The molecule has 2 heterocycles. The van der Waals surface area contributed by atoms with E-state index in [0.717, 1.165) is 0 Å². The molecule has 0 aliphatic heterocycles. The molecule has 0 saturated heterocycles. The van der Waals surface area contributed by atoms with Crippen molar-refractivity contribution in [3.8, 4) is 17.3 Å². The summed E-state index contributed by atoms with van der Waals surface area (Å²) in [6, 6.07) is 9.70. The number of rotatable bonds is 6. The van der Waals surface area contributed by atoms with Gasteiger partial charge >= 0.3 is 6.01 Å². The molecule has 0 unspecified atom stereocenters. The Bertz CT molecular complexity index is 957. The lowest BCUT2D eigenvalue weighted by Crippen LogP contribution is -2.11. The molecule has 8 heteroatoms. The lowest BCUT2D eigenvalue weighted by atomic mass is 10.1. The Balaban J connectivity index is 1.81. The molecule has 2 N–H and O–H groups in total. The number of aromatic nitrogens is 3. The zero-order valence-corrected chi connectivity index (χ0v) is 14.7. The van der Waals surface area contributed by atoms with Crippen LogP contribution in [0.15, 0.2) is 47.4 Å². The first-order chi connectivity index (χ1) is 12.6. The maximum absolute atomic E-state index is 13.8. The Morgan fingerprint density at radius 1 is 1.27 bits per heavy atom. The van der Waals surface area contributed by atoms with Crippen molar-refractivity contribution in [1.82, 2.24) is 15.0 Å². The quantitative estimate of drug-likeness (QED) is 0.692. The van der Waals surface area contributed by atoms with Gasteiger partial charge in [-0.15, -0.1) is 0 Å². The molecule has 0 atom stereocenters. The molecule has 0 bridgehead atoms. The highest BCUT2D eigenvalue weighted by Gasteiger charge is 2.11. The van der Waals surface area contributed by atoms with Gasteiger partial charge in [0.25, 0.3) is 5.56 Å². The first-order valence-corrected chi connectivity index (χ1v) is 8.24. The van der Waals surface area contributed by atoms with Crippen LogP contribution in [-0.4, -0.2) is 28.6 Å². The Morgan fingerprint density at radius 3 is 2.85 bits per heavy atom. The van der Waals surface area contributed by atoms with E-state index in [1.807, 2.05) is 0 Å². The number of nitrogens with one attached hydrogen (secondary N) is 2. The van der Waals surface area contributed by atoms with E-state index < -0.39 is 0 Å². The summed E-state index contributed by atoms with van der Waals surface area (Å²) in [7, 11) is 1.44. The molecule has 0 spiro atoms. The first-order valence-electron chi connectivity index (χ1n) is 7.86. The van der Waals surface area contributed by atoms with Gasteiger partial charge in [-0.2, -0.15) is 9.97 Å². The van der Waals surface area contributed by atoms with Gasteiger partial charge in [-0.3, -0.25) is 4.79 Å². The number of hydrogen-bond donors (Lipinski definition) is 2. The molecule has 6 nitrogen and oxygen atoms in total. The number of methoxy groups -OCH3 is 1. The van der Waals surface area contributed by atoms with Crippen LogP contribution in [-0.2, 0) is 6.42 Å². The molecular formula is C18H16ClFN4O2. The van der Waals surface area contributed by atoms with Gasteiger partial charge in [0.15, 0.2) is 0 Å². The van der Waals surface area contributed by atoms with Gasteiger partial charge in [-0.25, -0.2) is 4.39 Å². The lowest BCUT2D eigenvalue weighted by Gasteiger charge is -2.10. The van der Waals surface area contributed by atoms with Crippen LogP contribution in [0.3, 0.4) is 0 Å². The van der Waals surface area contributed by atoms with Gasteiger partial charge in [0.2, 0.25) is 0 Å². The molecule has 26 heavy (non-hydrogen) atoms. The largest absolute Gasteiger partial charge is 0.467 e. The highest BCUT2D eigenvalue weighted by atomic mass is 35.5. The highest BCUT2D eigenvalue weighted by molar-refractivity contribution is 6.31. The van der Waals surface area contributed by atoms with Crippen molar-refractivity contribution in [2.75, 3.05) is 19.0 Å². The minimum atomic E-state index is -0.351. The second-order valence-corrected chi connectivity index (χ2v) is 5.82. The summed E-state index contributed by atoms with van der Waals surface area (Å²) in [4.78, 5) is 23.0. The number of halogens is 2. The SMILES string of the molecule is COc1nc(NCCc2c(F)cccc2Cl)cc(-c2ccc[nH]c2=O)n1. The number of anilines is 1. The molecule has 0 aliphatic carbocycles. The molecule has 0 amide bonds. The average molecular weight is 375 g/mol. The molecule has 3 rings (SSSR count). The normalized spacial score (nSPS) is 10.6. The summed E-state index contributed by atoms with van der Waals surface area (Å²) >= 11 is 6.03. The van der Waals surface area contributed by atoms with Gasteiger partial charge < -0.3 is 15.0 Å². The lowest BCUT2D eigenvalue weighted by molar-refractivity contribution is 0.381. The molecule has 0 saturated carbocycles. The number of pyridine rings is 1. The molecule has 3 aromatic rings. The second-order valence-electron chi connectivity index (χ2n) is 5.42. The summed E-state index contributed by atoms with van der Waals surface area (Å²) in [6.45, 7) is 0.394. The predicted octanol–water partition coefficient (Wildman–Crippen LogP) is 3.29. The third-order valence-electron chi connectivity index (χ3n) is 3.73. The number of nitrogens with zero attached hydrogens (tertiary/aromatic N) is 2. The van der Waals surface area contributed by atoms with Crippen molar-refractivity contribution < 1.29 is 9.13 Å². The van der Waals surface area contributed by atoms with Crippen LogP contribution >= 0.6 is 11.6 Å². The maximum atomic E-state index is 13.8. The fraction of sp³-hybridized carbons (Fsp3) is 0.167. The molecule has 134 valence electrons. The summed E-state index contributed by atoms with van der Waals surface area (Å²) < 4.78 is 18.9. The fourth-order valence-electron chi connectivity index (χ4n) is 2.45. The monoisotopic (exact) mass is 374 g/mol. The Hall–Kier alpha value is -2.93. The van der Waals surface area contributed by atoms with E-state index in [1.54, 1.807) is 36.5 Å². The van der Waals surface area contributed by atoms with Crippen LogP contribution in [0.25, 0.3) is 11.3 Å². The minimum Gasteiger partial charge on any atom is -0.467 e. The molecule has 1 aromatic carbocycles. The third-order valence-corrected chi connectivity index (χ3v) is 4.08. The van der Waals surface area contributed by atoms with Crippen LogP contribution in [0.4, 0.5) is 10.2 Å². The number of aromatic amines is 1. The summed E-state index contributed by atoms with van der Waals surface area (Å²) in [5.74, 6) is 0.110. The van der Waals surface area contributed by atoms with Gasteiger partial charge in [-0.1, -0.05) is 17.7 Å². The van der Waals surface area contributed by atoms with Gasteiger partial charge in [-0.05, 0) is 30.7 Å². The number of hydrogen-bond acceptors (Lipinski definition) is 5. The smallest absolute Gasteiger partial charge is 0.318 e. The molecule has 0 aliphatic rings. The van der Waals surface area contributed by atoms with Crippen molar-refractivity contribution in [3.63, 3.8) is 0 Å². The number of ether oxygens (including phenoxy) is 1. The van der Waals surface area contributed by atoms with Gasteiger partial charge in [0.05, 0.1) is 18.4 Å². The van der Waals surface area contributed by atoms with Crippen molar-refractivity contribution in [2.24, 2.45) is 0 Å². The molecule has 2 aromatic heterocycles. The number of H-pyrrole nitrogens is 1. The summed E-state index contributed by atoms with van der Waals surface area (Å²) in [6.07, 6.45) is 1.92. The van der Waals surface area contributed by atoms with E-state index in [0.29, 0.717) is 40.6 Å². The topological polar surface area (TPSA) is 79.9 Å². The Morgan fingerprint density at radius 2 is 2.12 bits per heavy atom. The minimum absolute atomic E-state index is 0.122. The van der Waals surface area contributed by atoms with E-state index in [1.165, 1.54) is 13.2 Å². The Kier molecular flexibility index (Phi) is 5.48. The summed E-state index contributed by atoms with van der Waals surface area (Å²) in [5.41, 5.74) is 0.985. The zero-order valence-electron chi connectivity index (χ0n) is 13.9. The third kappa shape index (κ3) is 4.00. The van der Waals surface area contributed by atoms with Crippen LogP contribution in [0.5, 0.6) is 6.01 Å². The highest BCUT2D eigenvalue weighted by Crippen LogP contribution is 2.21. The predicted molar refractivity (Wildman–Crippen MR) is 98.2 cm³/mol. The van der Waals surface area contributed by atoms with E-state index in [-0.39, 0.29) is 17.4 Å². The van der Waals surface area contributed by atoms with Crippen molar-refractivity contribution in [1.29, 1.82) is 0 Å². The molecule has 0 radical (unpaired) electrons. The van der Waals surface area contributed by atoms with Gasteiger partial charge in [0.1, 0.15) is 11.6 Å². The van der Waals surface area contributed by atoms with Crippen molar-refractivity contribution in [3.05, 3.63) is 69.4 Å². The molecule has 0 fully saturated rings. The van der Waals surface area contributed by atoms with Crippen molar-refractivity contribution in [2.45, 2.75) is 6.42 Å².